The highest BCUT2D eigenvalue weighted by molar-refractivity contribution is 7.21. The summed E-state index contributed by atoms with van der Waals surface area (Å²) in [7, 11) is 0. The maximum atomic E-state index is 10.9. The number of pyridine rings is 1. The SMILES string of the molecule is O=C(O)c1ccc2nc(-c3ccc(Cl)cn3)sc2c1. The summed E-state index contributed by atoms with van der Waals surface area (Å²) in [6.45, 7) is 0. The van der Waals surface area contributed by atoms with Crippen LogP contribution < -0.4 is 0 Å². The number of benzene rings is 1. The van der Waals surface area contributed by atoms with Crippen LogP contribution in [-0.4, -0.2) is 21.0 Å². The largest absolute Gasteiger partial charge is 0.478 e. The Labute approximate surface area is 117 Å². The van der Waals surface area contributed by atoms with Crippen LogP contribution >= 0.6 is 22.9 Å². The van der Waals surface area contributed by atoms with Crippen molar-refractivity contribution in [3.05, 3.63) is 47.1 Å². The zero-order valence-electron chi connectivity index (χ0n) is 9.50. The molecule has 0 fully saturated rings. The average Bonchev–Trinajstić information content (AvgIpc) is 2.82. The predicted octanol–water partition coefficient (Wildman–Crippen LogP) is 3.71. The summed E-state index contributed by atoms with van der Waals surface area (Å²) in [4.78, 5) is 19.6. The second-order valence-corrected chi connectivity index (χ2v) is 5.34. The highest BCUT2D eigenvalue weighted by atomic mass is 35.5. The molecule has 0 aliphatic carbocycles. The monoisotopic (exact) mass is 290 g/mol. The molecule has 0 aliphatic rings. The molecule has 0 atom stereocenters. The van der Waals surface area contributed by atoms with Gasteiger partial charge >= 0.3 is 5.97 Å². The standard InChI is InChI=1S/C13H7ClN2O2S/c14-8-2-4-10(15-6-8)12-16-9-3-1-7(13(17)18)5-11(9)19-12/h1-6H,(H,17,18). The molecule has 0 aliphatic heterocycles. The Balaban J connectivity index is 2.11. The number of carbonyl (C=O) groups is 1. The normalized spacial score (nSPS) is 10.8. The molecule has 2 aromatic heterocycles. The van der Waals surface area contributed by atoms with Crippen molar-refractivity contribution in [2.24, 2.45) is 0 Å². The van der Waals surface area contributed by atoms with Gasteiger partial charge in [0.05, 0.1) is 26.5 Å². The van der Waals surface area contributed by atoms with E-state index in [1.165, 1.54) is 11.3 Å². The topological polar surface area (TPSA) is 63.1 Å². The average molecular weight is 291 g/mol. The first kappa shape index (κ1) is 12.1. The van der Waals surface area contributed by atoms with Crippen molar-refractivity contribution in [1.82, 2.24) is 9.97 Å². The third kappa shape index (κ3) is 2.30. The predicted molar refractivity (Wildman–Crippen MR) is 74.8 cm³/mol. The maximum Gasteiger partial charge on any atom is 0.335 e. The Morgan fingerprint density at radius 1 is 1.26 bits per heavy atom. The highest BCUT2D eigenvalue weighted by Crippen LogP contribution is 2.30. The number of fused-ring (bicyclic) bond motifs is 1. The molecular weight excluding hydrogens is 284 g/mol. The van der Waals surface area contributed by atoms with E-state index in [1.807, 2.05) is 0 Å². The summed E-state index contributed by atoms with van der Waals surface area (Å²) >= 11 is 7.20. The summed E-state index contributed by atoms with van der Waals surface area (Å²) in [5.74, 6) is -0.943. The molecule has 0 unspecified atom stereocenters. The van der Waals surface area contributed by atoms with Gasteiger partial charge in [0, 0.05) is 6.20 Å². The number of aromatic carboxylic acids is 1. The summed E-state index contributed by atoms with van der Waals surface area (Å²) in [5.41, 5.74) is 1.75. The number of hydrogen-bond donors (Lipinski definition) is 1. The molecule has 0 saturated heterocycles. The number of hydrogen-bond acceptors (Lipinski definition) is 4. The fourth-order valence-electron chi connectivity index (χ4n) is 1.67. The lowest BCUT2D eigenvalue weighted by Gasteiger charge is -1.93. The highest BCUT2D eigenvalue weighted by Gasteiger charge is 2.10. The van der Waals surface area contributed by atoms with Gasteiger partial charge < -0.3 is 5.11 Å². The zero-order valence-corrected chi connectivity index (χ0v) is 11.1. The first-order chi connectivity index (χ1) is 9.13. The molecule has 3 aromatic rings. The Bertz CT molecular complexity index is 768. The number of carboxylic acids is 1. The van der Waals surface area contributed by atoms with Crippen LogP contribution in [0.5, 0.6) is 0 Å². The molecule has 0 saturated carbocycles. The van der Waals surface area contributed by atoms with Crippen LogP contribution in [0.3, 0.4) is 0 Å². The van der Waals surface area contributed by atoms with E-state index in [4.69, 9.17) is 16.7 Å². The lowest BCUT2D eigenvalue weighted by Crippen LogP contribution is -1.94. The van der Waals surface area contributed by atoms with Gasteiger partial charge in [0.25, 0.3) is 0 Å². The van der Waals surface area contributed by atoms with E-state index >= 15 is 0 Å². The molecule has 0 spiro atoms. The first-order valence-electron chi connectivity index (χ1n) is 5.39. The molecule has 1 aromatic carbocycles. The van der Waals surface area contributed by atoms with E-state index in [-0.39, 0.29) is 5.56 Å². The van der Waals surface area contributed by atoms with Crippen LogP contribution in [0.25, 0.3) is 20.9 Å². The van der Waals surface area contributed by atoms with Crippen LogP contribution in [-0.2, 0) is 0 Å². The molecule has 0 bridgehead atoms. The molecule has 0 radical (unpaired) electrons. The van der Waals surface area contributed by atoms with Crippen molar-refractivity contribution in [3.8, 4) is 10.7 Å². The molecule has 94 valence electrons. The molecule has 6 heteroatoms. The van der Waals surface area contributed by atoms with E-state index in [2.05, 4.69) is 9.97 Å². The second-order valence-electron chi connectivity index (χ2n) is 3.87. The first-order valence-corrected chi connectivity index (χ1v) is 6.59. The fourth-order valence-corrected chi connectivity index (χ4v) is 2.76. The Morgan fingerprint density at radius 3 is 2.79 bits per heavy atom. The number of carboxylic acid groups (broad SMARTS) is 1. The van der Waals surface area contributed by atoms with Gasteiger partial charge in [0.15, 0.2) is 0 Å². The molecular formula is C13H7ClN2O2S. The van der Waals surface area contributed by atoms with Crippen molar-refractivity contribution in [3.63, 3.8) is 0 Å². The van der Waals surface area contributed by atoms with Crippen LogP contribution in [0, 0.1) is 0 Å². The minimum atomic E-state index is -0.943. The summed E-state index contributed by atoms with van der Waals surface area (Å²) in [6, 6.07) is 8.41. The van der Waals surface area contributed by atoms with Gasteiger partial charge in [-0.05, 0) is 30.3 Å². The summed E-state index contributed by atoms with van der Waals surface area (Å²) < 4.78 is 0.826. The van der Waals surface area contributed by atoms with Crippen LogP contribution in [0.2, 0.25) is 5.02 Å². The number of thiazole rings is 1. The van der Waals surface area contributed by atoms with Crippen molar-refractivity contribution in [2.45, 2.75) is 0 Å². The quantitative estimate of drug-likeness (QED) is 0.781. The van der Waals surface area contributed by atoms with Crippen molar-refractivity contribution in [2.75, 3.05) is 0 Å². The maximum absolute atomic E-state index is 10.9. The molecule has 3 rings (SSSR count). The van der Waals surface area contributed by atoms with Crippen LogP contribution in [0.15, 0.2) is 36.5 Å². The van der Waals surface area contributed by atoms with Gasteiger partial charge in [-0.1, -0.05) is 11.6 Å². The van der Waals surface area contributed by atoms with Gasteiger partial charge in [0.2, 0.25) is 0 Å². The van der Waals surface area contributed by atoms with Crippen LogP contribution in [0.1, 0.15) is 10.4 Å². The number of rotatable bonds is 2. The molecule has 2 heterocycles. The smallest absolute Gasteiger partial charge is 0.335 e. The molecule has 1 N–H and O–H groups in total. The van der Waals surface area contributed by atoms with Gasteiger partial charge in [-0.25, -0.2) is 9.78 Å². The lowest BCUT2D eigenvalue weighted by molar-refractivity contribution is 0.0697. The van der Waals surface area contributed by atoms with Gasteiger partial charge in [0.1, 0.15) is 5.01 Å². The van der Waals surface area contributed by atoms with Gasteiger partial charge in [-0.15, -0.1) is 11.3 Å². The minimum Gasteiger partial charge on any atom is -0.478 e. The van der Waals surface area contributed by atoms with E-state index in [9.17, 15) is 4.79 Å². The Hall–Kier alpha value is -1.98. The van der Waals surface area contributed by atoms with Crippen molar-refractivity contribution in [1.29, 1.82) is 0 Å². The summed E-state index contributed by atoms with van der Waals surface area (Å²) in [5, 5.41) is 10.3. The zero-order chi connectivity index (χ0) is 13.4. The Kier molecular flexibility index (Phi) is 2.93. The third-order valence-electron chi connectivity index (χ3n) is 2.58. The molecule has 0 amide bonds. The number of aromatic nitrogens is 2. The van der Waals surface area contributed by atoms with Crippen LogP contribution in [0.4, 0.5) is 0 Å². The second kappa shape index (κ2) is 4.60. The van der Waals surface area contributed by atoms with E-state index < -0.39 is 5.97 Å². The van der Waals surface area contributed by atoms with Crippen molar-refractivity contribution >= 4 is 39.1 Å². The summed E-state index contributed by atoms with van der Waals surface area (Å²) in [6.07, 6.45) is 1.56. The van der Waals surface area contributed by atoms with Crippen molar-refractivity contribution < 1.29 is 9.90 Å². The Morgan fingerprint density at radius 2 is 2.11 bits per heavy atom. The number of halogens is 1. The fraction of sp³-hybridized carbons (Fsp3) is 0. The van der Waals surface area contributed by atoms with E-state index in [0.29, 0.717) is 5.02 Å². The number of nitrogens with zero attached hydrogens (tertiary/aromatic N) is 2. The minimum absolute atomic E-state index is 0.256. The van der Waals surface area contributed by atoms with Gasteiger partial charge in [-0.2, -0.15) is 0 Å². The van der Waals surface area contributed by atoms with E-state index in [0.717, 1.165) is 20.9 Å². The lowest BCUT2D eigenvalue weighted by atomic mass is 10.2. The van der Waals surface area contributed by atoms with Gasteiger partial charge in [-0.3, -0.25) is 4.98 Å². The molecule has 4 nitrogen and oxygen atoms in total. The third-order valence-corrected chi connectivity index (χ3v) is 3.85. The van der Waals surface area contributed by atoms with E-state index in [1.54, 1.807) is 36.5 Å². The molecule has 19 heavy (non-hydrogen) atoms.